The molecule has 0 spiro atoms. The molecule has 146 valence electrons. The number of hydrogen-bond donors (Lipinski definition) is 1. The van der Waals surface area contributed by atoms with Gasteiger partial charge in [-0.3, -0.25) is 0 Å². The molecule has 0 saturated carbocycles. The molecule has 3 N–H and O–H groups in total. The van der Waals surface area contributed by atoms with Crippen molar-refractivity contribution in [3.63, 3.8) is 0 Å². The Kier molecular flexibility index (Phi) is 17.3. The van der Waals surface area contributed by atoms with Crippen molar-refractivity contribution >= 4 is 0 Å². The monoisotopic (exact) mass is 349 g/mol. The molecule has 0 aliphatic carbocycles. The molecule has 1 aromatic carbocycles. The number of nitrogens with two attached hydrogens (primary N) is 1. The minimum atomic E-state index is 0. The summed E-state index contributed by atoms with van der Waals surface area (Å²) in [4.78, 5) is 0. The maximum atomic E-state index is 2.45. The van der Waals surface area contributed by atoms with Gasteiger partial charge in [0.2, 0.25) is 0 Å². The molecule has 0 unspecified atom stereocenters. The fourth-order valence-electron chi connectivity index (χ4n) is 3.54. The third-order valence-corrected chi connectivity index (χ3v) is 5.40. The topological polar surface area (TPSA) is 46.6 Å². The molecular formula is C23H43NO. The summed E-state index contributed by atoms with van der Waals surface area (Å²) in [5, 5.41) is 2.45. The van der Waals surface area contributed by atoms with Gasteiger partial charge in [0, 0.05) is 5.56 Å². The number of rotatable bonds is 16. The Balaban J connectivity index is 0.00000576. The molecule has 0 bridgehead atoms. The summed E-state index contributed by atoms with van der Waals surface area (Å²) in [6.45, 7) is 7.10. The van der Waals surface area contributed by atoms with E-state index >= 15 is 0 Å². The first kappa shape index (κ1) is 24.1. The van der Waals surface area contributed by atoms with E-state index in [2.05, 4.69) is 49.5 Å². The van der Waals surface area contributed by atoms with Crippen molar-refractivity contribution in [3.8, 4) is 0 Å². The predicted octanol–water partition coefficient (Wildman–Crippen LogP) is 5.91. The smallest absolute Gasteiger partial charge is 0.101 e. The van der Waals surface area contributed by atoms with E-state index in [0.717, 1.165) is 12.5 Å². The van der Waals surface area contributed by atoms with Gasteiger partial charge in [-0.25, -0.2) is 0 Å². The van der Waals surface area contributed by atoms with E-state index in [1.54, 1.807) is 0 Å². The maximum absolute atomic E-state index is 2.45. The quantitative estimate of drug-likeness (QED) is 0.370. The van der Waals surface area contributed by atoms with Crippen molar-refractivity contribution in [3.05, 3.63) is 35.9 Å². The van der Waals surface area contributed by atoms with Crippen LogP contribution in [0.3, 0.4) is 0 Å². The van der Waals surface area contributed by atoms with Gasteiger partial charge in [0.1, 0.15) is 6.54 Å². The lowest BCUT2D eigenvalue weighted by molar-refractivity contribution is -0.671. The van der Waals surface area contributed by atoms with Gasteiger partial charge in [0.15, 0.2) is 0 Å². The van der Waals surface area contributed by atoms with Crippen LogP contribution in [-0.4, -0.2) is 12.0 Å². The van der Waals surface area contributed by atoms with Crippen molar-refractivity contribution in [2.45, 2.75) is 97.4 Å². The Morgan fingerprint density at radius 2 is 1.24 bits per heavy atom. The van der Waals surface area contributed by atoms with Crippen LogP contribution in [0.4, 0.5) is 0 Å². The summed E-state index contributed by atoms with van der Waals surface area (Å²) < 4.78 is 0. The second-order valence-electron chi connectivity index (χ2n) is 7.42. The number of hydrogen-bond acceptors (Lipinski definition) is 1. The van der Waals surface area contributed by atoms with Crippen molar-refractivity contribution in [1.29, 1.82) is 0 Å². The second kappa shape index (κ2) is 17.9. The molecule has 0 aliphatic heterocycles. The Morgan fingerprint density at radius 3 is 1.80 bits per heavy atom. The van der Waals surface area contributed by atoms with Crippen LogP contribution in [0.25, 0.3) is 0 Å². The molecule has 0 fully saturated rings. The van der Waals surface area contributed by atoms with Crippen LogP contribution in [0.1, 0.15) is 96.5 Å². The Morgan fingerprint density at radius 1 is 0.720 bits per heavy atom. The Hall–Kier alpha value is -0.860. The molecule has 2 heteroatoms. The summed E-state index contributed by atoms with van der Waals surface area (Å²) in [5.74, 6) is 0.990. The fourth-order valence-corrected chi connectivity index (χ4v) is 3.54. The summed E-state index contributed by atoms with van der Waals surface area (Å²) in [6, 6.07) is 10.8. The fraction of sp³-hybridized carbons (Fsp3) is 0.739. The molecule has 0 amide bonds. The molecular weight excluding hydrogens is 306 g/mol. The SMILES string of the molecule is CCC(CC)CCCCCCCCCCC[NH2+]Cc1ccccc1.[OH-]. The summed E-state index contributed by atoms with van der Waals surface area (Å²) in [6.07, 6.45) is 17.2. The van der Waals surface area contributed by atoms with Crippen LogP contribution in [0.15, 0.2) is 30.3 Å². The van der Waals surface area contributed by atoms with Crippen LogP contribution >= 0.6 is 0 Å². The zero-order chi connectivity index (χ0) is 17.3. The van der Waals surface area contributed by atoms with Crippen LogP contribution < -0.4 is 5.32 Å². The van der Waals surface area contributed by atoms with E-state index < -0.39 is 0 Å². The van der Waals surface area contributed by atoms with Gasteiger partial charge in [-0.1, -0.05) is 108 Å². The number of benzene rings is 1. The van der Waals surface area contributed by atoms with Crippen molar-refractivity contribution < 1.29 is 10.8 Å². The highest BCUT2D eigenvalue weighted by atomic mass is 16.0. The maximum Gasteiger partial charge on any atom is 0.101 e. The van der Waals surface area contributed by atoms with Crippen LogP contribution in [0.5, 0.6) is 0 Å². The van der Waals surface area contributed by atoms with Gasteiger partial charge in [-0.2, -0.15) is 0 Å². The minimum absolute atomic E-state index is 0. The van der Waals surface area contributed by atoms with E-state index in [9.17, 15) is 0 Å². The molecule has 1 rings (SSSR count). The molecule has 0 atom stereocenters. The number of quaternary nitrogens is 1. The first-order chi connectivity index (χ1) is 11.9. The zero-order valence-electron chi connectivity index (χ0n) is 16.9. The summed E-state index contributed by atoms with van der Waals surface area (Å²) >= 11 is 0. The van der Waals surface area contributed by atoms with E-state index in [1.807, 2.05) is 0 Å². The Labute approximate surface area is 157 Å². The van der Waals surface area contributed by atoms with Crippen LogP contribution in [0, 0.1) is 5.92 Å². The third-order valence-electron chi connectivity index (χ3n) is 5.40. The normalized spacial score (nSPS) is 10.8. The average molecular weight is 350 g/mol. The van der Waals surface area contributed by atoms with Gasteiger partial charge in [-0.05, 0) is 18.8 Å². The highest BCUT2D eigenvalue weighted by molar-refractivity contribution is 5.12. The molecule has 0 heterocycles. The average Bonchev–Trinajstić information content (AvgIpc) is 2.63. The number of unbranched alkanes of at least 4 members (excludes halogenated alkanes) is 8. The van der Waals surface area contributed by atoms with Gasteiger partial charge >= 0.3 is 0 Å². The van der Waals surface area contributed by atoms with Gasteiger partial charge in [0.05, 0.1) is 6.54 Å². The van der Waals surface area contributed by atoms with E-state index in [1.165, 1.54) is 89.2 Å². The highest BCUT2D eigenvalue weighted by Gasteiger charge is 2.02. The molecule has 0 aliphatic rings. The molecule has 1 aromatic rings. The lowest BCUT2D eigenvalue weighted by atomic mass is 9.95. The predicted molar refractivity (Wildman–Crippen MR) is 109 cm³/mol. The first-order valence-electron chi connectivity index (χ1n) is 10.7. The van der Waals surface area contributed by atoms with Crippen LogP contribution in [-0.2, 0) is 6.54 Å². The zero-order valence-corrected chi connectivity index (χ0v) is 16.9. The highest BCUT2D eigenvalue weighted by Crippen LogP contribution is 2.18. The molecule has 0 aromatic heterocycles. The molecule has 0 saturated heterocycles. The van der Waals surface area contributed by atoms with E-state index in [4.69, 9.17) is 0 Å². The van der Waals surface area contributed by atoms with Gasteiger partial charge < -0.3 is 10.8 Å². The molecule has 25 heavy (non-hydrogen) atoms. The second-order valence-corrected chi connectivity index (χ2v) is 7.42. The largest absolute Gasteiger partial charge is 0.870 e. The molecule has 2 nitrogen and oxygen atoms in total. The van der Waals surface area contributed by atoms with Crippen molar-refractivity contribution in [2.24, 2.45) is 5.92 Å². The van der Waals surface area contributed by atoms with Gasteiger partial charge in [-0.15, -0.1) is 0 Å². The first-order valence-corrected chi connectivity index (χ1v) is 10.7. The van der Waals surface area contributed by atoms with Gasteiger partial charge in [0.25, 0.3) is 0 Å². The standard InChI is InChI=1S/C23H41N.H2O/c1-3-22(4-2)17-13-10-8-6-5-7-9-11-16-20-24-21-23-18-14-12-15-19-23;/h12,14-15,18-19,22,24H,3-11,13,16-17,20-21H2,1-2H3;1H2. The minimum Gasteiger partial charge on any atom is -0.870 e. The van der Waals surface area contributed by atoms with Crippen LogP contribution in [0.2, 0.25) is 0 Å². The summed E-state index contributed by atoms with van der Waals surface area (Å²) in [5.41, 5.74) is 1.45. The van der Waals surface area contributed by atoms with E-state index in [-0.39, 0.29) is 5.48 Å². The van der Waals surface area contributed by atoms with Crippen molar-refractivity contribution in [2.75, 3.05) is 6.54 Å². The lowest BCUT2D eigenvalue weighted by Gasteiger charge is -2.11. The Bertz CT molecular complexity index is 362. The summed E-state index contributed by atoms with van der Waals surface area (Å²) in [7, 11) is 0. The molecule has 0 radical (unpaired) electrons. The third kappa shape index (κ3) is 14.0. The van der Waals surface area contributed by atoms with E-state index in [0.29, 0.717) is 0 Å². The van der Waals surface area contributed by atoms with Crippen molar-refractivity contribution in [1.82, 2.24) is 0 Å². The lowest BCUT2D eigenvalue weighted by Crippen LogP contribution is -2.82.